The third-order valence-corrected chi connectivity index (χ3v) is 3.89. The molecule has 6 nitrogen and oxygen atoms in total. The summed E-state index contributed by atoms with van der Waals surface area (Å²) in [4.78, 5) is 10.1. The van der Waals surface area contributed by atoms with Gasteiger partial charge in [-0.05, 0) is 44.5 Å². The summed E-state index contributed by atoms with van der Waals surface area (Å²) >= 11 is 6.35. The van der Waals surface area contributed by atoms with E-state index < -0.39 is 5.66 Å². The van der Waals surface area contributed by atoms with Crippen LogP contribution in [0.3, 0.4) is 0 Å². The van der Waals surface area contributed by atoms with Gasteiger partial charge in [-0.1, -0.05) is 30.3 Å². The monoisotopic (exact) mass is 347 g/mol. The van der Waals surface area contributed by atoms with Crippen LogP contribution < -0.4 is 21.1 Å². The van der Waals surface area contributed by atoms with Gasteiger partial charge >= 0.3 is 0 Å². The normalized spacial score (nSPS) is 17.2. The van der Waals surface area contributed by atoms with Gasteiger partial charge in [-0.25, -0.2) is 4.99 Å². The highest BCUT2D eigenvalue weighted by molar-refractivity contribution is 6.32. The Balaban J connectivity index is 2.27. The molecule has 0 fully saturated rings. The van der Waals surface area contributed by atoms with E-state index in [-0.39, 0.29) is 11.9 Å². The van der Waals surface area contributed by atoms with Crippen molar-refractivity contribution in [1.82, 2.24) is 0 Å². The number of anilines is 1. The average molecular weight is 348 g/mol. The van der Waals surface area contributed by atoms with Crippen molar-refractivity contribution in [1.29, 1.82) is 0 Å². The first-order valence-electron chi connectivity index (χ1n) is 7.48. The molecular formula is C17H22ClN5O. The zero-order valence-corrected chi connectivity index (χ0v) is 14.8. The Morgan fingerprint density at radius 1 is 1.42 bits per heavy atom. The maximum atomic E-state index is 6.35. The summed E-state index contributed by atoms with van der Waals surface area (Å²) in [6.45, 7) is 9.85. The molecule has 128 valence electrons. The fourth-order valence-corrected chi connectivity index (χ4v) is 2.65. The molecule has 0 amide bonds. The predicted octanol–water partition coefficient (Wildman–Crippen LogP) is 3.04. The standard InChI is InChI=1S/C17H22ClN5O/c1-5-11(6-2)10-24-14-8-7-12(9-13(14)18)23-16(20)21-15(19)22-17(23,3)4/h5-9H,1,10H2,2-4H3,(H4,19,20,21,22). The molecule has 1 aromatic carbocycles. The third-order valence-electron chi connectivity index (χ3n) is 3.59. The Morgan fingerprint density at radius 2 is 2.12 bits per heavy atom. The summed E-state index contributed by atoms with van der Waals surface area (Å²) in [5, 5.41) is 0.471. The lowest BCUT2D eigenvalue weighted by atomic mass is 10.1. The number of rotatable bonds is 5. The molecule has 1 aromatic rings. The molecule has 1 aliphatic heterocycles. The van der Waals surface area contributed by atoms with Crippen molar-refractivity contribution in [3.05, 3.63) is 47.5 Å². The fraction of sp³-hybridized carbons (Fsp3) is 0.294. The van der Waals surface area contributed by atoms with E-state index in [1.807, 2.05) is 32.9 Å². The van der Waals surface area contributed by atoms with Crippen LogP contribution >= 0.6 is 11.6 Å². The van der Waals surface area contributed by atoms with Crippen LogP contribution in [0.25, 0.3) is 0 Å². The largest absolute Gasteiger partial charge is 0.487 e. The minimum Gasteiger partial charge on any atom is -0.487 e. The summed E-state index contributed by atoms with van der Waals surface area (Å²) in [5.74, 6) is 0.998. The van der Waals surface area contributed by atoms with Crippen LogP contribution in [-0.4, -0.2) is 24.2 Å². The number of allylic oxidation sites excluding steroid dienone is 1. The van der Waals surface area contributed by atoms with E-state index in [1.165, 1.54) is 0 Å². The molecule has 4 N–H and O–H groups in total. The molecule has 0 spiro atoms. The number of hydrogen-bond acceptors (Lipinski definition) is 6. The van der Waals surface area contributed by atoms with Gasteiger partial charge in [0, 0.05) is 5.69 Å². The highest BCUT2D eigenvalue weighted by atomic mass is 35.5. The lowest BCUT2D eigenvalue weighted by molar-refractivity contribution is 0.355. The van der Waals surface area contributed by atoms with E-state index in [0.717, 1.165) is 11.3 Å². The zero-order chi connectivity index (χ0) is 17.9. The van der Waals surface area contributed by atoms with Gasteiger partial charge in [0.05, 0.1) is 5.02 Å². The fourth-order valence-electron chi connectivity index (χ4n) is 2.42. The van der Waals surface area contributed by atoms with Gasteiger partial charge in [-0.3, -0.25) is 4.90 Å². The van der Waals surface area contributed by atoms with Crippen molar-refractivity contribution in [2.24, 2.45) is 21.5 Å². The Labute approximate surface area is 147 Å². The molecule has 0 unspecified atom stereocenters. The van der Waals surface area contributed by atoms with Gasteiger partial charge in [0.1, 0.15) is 18.0 Å². The molecule has 0 bridgehead atoms. The minimum atomic E-state index is -0.664. The number of aliphatic imine (C=N–C) groups is 2. The molecule has 0 aliphatic carbocycles. The highest BCUT2D eigenvalue weighted by Crippen LogP contribution is 2.34. The van der Waals surface area contributed by atoms with Gasteiger partial charge in [-0.2, -0.15) is 4.99 Å². The molecule has 7 heteroatoms. The number of nitrogens with two attached hydrogens (primary N) is 2. The SMILES string of the molecule is C=CC(=CC)COc1ccc(N2C(N)=NC(N)=NC2(C)C)cc1Cl. The van der Waals surface area contributed by atoms with E-state index in [0.29, 0.717) is 17.4 Å². The second-order valence-electron chi connectivity index (χ2n) is 5.74. The van der Waals surface area contributed by atoms with Crippen molar-refractivity contribution < 1.29 is 4.74 Å². The molecule has 1 aliphatic rings. The molecule has 1 heterocycles. The Kier molecular flexibility index (Phi) is 5.19. The van der Waals surface area contributed by atoms with Gasteiger partial charge in [0.15, 0.2) is 0 Å². The molecule has 0 radical (unpaired) electrons. The van der Waals surface area contributed by atoms with Crippen LogP contribution in [-0.2, 0) is 0 Å². The first-order valence-corrected chi connectivity index (χ1v) is 7.86. The quantitative estimate of drug-likeness (QED) is 0.801. The van der Waals surface area contributed by atoms with Gasteiger partial charge in [0.2, 0.25) is 11.9 Å². The van der Waals surface area contributed by atoms with E-state index >= 15 is 0 Å². The van der Waals surface area contributed by atoms with Crippen molar-refractivity contribution in [3.8, 4) is 5.75 Å². The topological polar surface area (TPSA) is 89.2 Å². The average Bonchev–Trinajstić information content (AvgIpc) is 2.48. The molecular weight excluding hydrogens is 326 g/mol. The van der Waals surface area contributed by atoms with Crippen molar-refractivity contribution >= 4 is 29.2 Å². The minimum absolute atomic E-state index is 0.156. The van der Waals surface area contributed by atoms with E-state index in [1.54, 1.807) is 23.1 Å². The molecule has 24 heavy (non-hydrogen) atoms. The second kappa shape index (κ2) is 6.97. The van der Waals surface area contributed by atoms with E-state index in [9.17, 15) is 0 Å². The van der Waals surface area contributed by atoms with Crippen LogP contribution in [0.4, 0.5) is 5.69 Å². The Hall–Kier alpha value is -2.47. The third kappa shape index (κ3) is 3.71. The first kappa shape index (κ1) is 17.9. The maximum absolute atomic E-state index is 6.35. The molecule has 0 aromatic heterocycles. The number of benzene rings is 1. The van der Waals surface area contributed by atoms with Crippen LogP contribution in [0.15, 0.2) is 52.5 Å². The molecule has 0 atom stereocenters. The first-order chi connectivity index (χ1) is 11.3. The summed E-state index contributed by atoms with van der Waals surface area (Å²) in [7, 11) is 0. The smallest absolute Gasteiger partial charge is 0.220 e. The summed E-state index contributed by atoms with van der Waals surface area (Å²) < 4.78 is 5.72. The predicted molar refractivity (Wildman–Crippen MR) is 101 cm³/mol. The molecule has 0 saturated carbocycles. The van der Waals surface area contributed by atoms with Crippen molar-refractivity contribution in [2.75, 3.05) is 11.5 Å². The maximum Gasteiger partial charge on any atom is 0.220 e. The van der Waals surface area contributed by atoms with E-state index in [4.69, 9.17) is 27.8 Å². The number of ether oxygens (including phenoxy) is 1. The van der Waals surface area contributed by atoms with Gasteiger partial charge < -0.3 is 16.2 Å². The lowest BCUT2D eigenvalue weighted by Gasteiger charge is -2.38. The highest BCUT2D eigenvalue weighted by Gasteiger charge is 2.33. The molecule has 2 rings (SSSR count). The summed E-state index contributed by atoms with van der Waals surface area (Å²) in [5.41, 5.74) is 12.8. The van der Waals surface area contributed by atoms with Gasteiger partial charge in [-0.15, -0.1) is 0 Å². The number of halogens is 1. The van der Waals surface area contributed by atoms with Crippen molar-refractivity contribution in [3.63, 3.8) is 0 Å². The summed E-state index contributed by atoms with van der Waals surface area (Å²) in [6.07, 6.45) is 3.68. The van der Waals surface area contributed by atoms with Crippen LogP contribution in [0, 0.1) is 0 Å². The van der Waals surface area contributed by atoms with Crippen LogP contribution in [0.5, 0.6) is 5.75 Å². The number of guanidine groups is 2. The van der Waals surface area contributed by atoms with Crippen molar-refractivity contribution in [2.45, 2.75) is 26.4 Å². The number of nitrogens with zero attached hydrogens (tertiary/aromatic N) is 3. The summed E-state index contributed by atoms with van der Waals surface area (Å²) in [6, 6.07) is 5.41. The lowest BCUT2D eigenvalue weighted by Crippen LogP contribution is -2.54. The Morgan fingerprint density at radius 3 is 2.67 bits per heavy atom. The van der Waals surface area contributed by atoms with Crippen LogP contribution in [0.2, 0.25) is 5.02 Å². The Bertz CT molecular complexity index is 736. The second-order valence-corrected chi connectivity index (χ2v) is 6.15. The van der Waals surface area contributed by atoms with Gasteiger partial charge in [0.25, 0.3) is 0 Å². The number of hydrogen-bond donors (Lipinski definition) is 2. The van der Waals surface area contributed by atoms with Crippen LogP contribution in [0.1, 0.15) is 20.8 Å². The van der Waals surface area contributed by atoms with E-state index in [2.05, 4.69) is 16.6 Å². The zero-order valence-electron chi connectivity index (χ0n) is 14.1. The molecule has 0 saturated heterocycles.